The molecule has 0 aromatic heterocycles. The number of likely N-dealkylation sites (tertiary alicyclic amines) is 1. The van der Waals surface area contributed by atoms with Crippen LogP contribution in [0.5, 0.6) is 5.75 Å². The Bertz CT molecular complexity index is 493. The predicted octanol–water partition coefficient (Wildman–Crippen LogP) is 1.90. The molecule has 1 unspecified atom stereocenters. The maximum absolute atomic E-state index is 11.6. The van der Waals surface area contributed by atoms with Crippen molar-refractivity contribution in [2.75, 3.05) is 26.2 Å². The number of amides is 1. The second kappa shape index (κ2) is 9.53. The van der Waals surface area contributed by atoms with Crippen LogP contribution in [0.2, 0.25) is 0 Å². The summed E-state index contributed by atoms with van der Waals surface area (Å²) >= 11 is 0. The summed E-state index contributed by atoms with van der Waals surface area (Å²) in [6, 6.07) is 8.69. The van der Waals surface area contributed by atoms with Gasteiger partial charge in [-0.1, -0.05) is 18.6 Å². The van der Waals surface area contributed by atoms with Crippen molar-refractivity contribution in [3.8, 4) is 5.75 Å². The zero-order chi connectivity index (χ0) is 16.5. The molecule has 5 heteroatoms. The Balaban J connectivity index is 1.92. The molecular weight excluding hydrogens is 290 g/mol. The van der Waals surface area contributed by atoms with Crippen LogP contribution in [0.3, 0.4) is 0 Å². The molecule has 5 nitrogen and oxygen atoms in total. The Labute approximate surface area is 139 Å². The molecule has 3 N–H and O–H groups in total. The summed E-state index contributed by atoms with van der Waals surface area (Å²) in [5.74, 6) is 0.978. The van der Waals surface area contributed by atoms with Crippen LogP contribution in [0.25, 0.3) is 0 Å². The van der Waals surface area contributed by atoms with Crippen LogP contribution in [-0.4, -0.2) is 43.1 Å². The average Bonchev–Trinajstić information content (AvgIpc) is 2.55. The van der Waals surface area contributed by atoms with Gasteiger partial charge in [-0.05, 0) is 44.0 Å². The SMILES string of the molecule is CCOc1cccc(CN2CCCCC2CNC(=O)CCN)c1. The van der Waals surface area contributed by atoms with Crippen LogP contribution in [-0.2, 0) is 11.3 Å². The van der Waals surface area contributed by atoms with Gasteiger partial charge in [0.1, 0.15) is 5.75 Å². The van der Waals surface area contributed by atoms with Gasteiger partial charge in [-0.2, -0.15) is 0 Å². The van der Waals surface area contributed by atoms with Crippen LogP contribution in [0, 0.1) is 0 Å². The monoisotopic (exact) mass is 319 g/mol. The average molecular weight is 319 g/mol. The number of hydrogen-bond acceptors (Lipinski definition) is 4. The number of carbonyl (C=O) groups is 1. The molecule has 0 saturated carbocycles. The number of piperidine rings is 1. The Kier molecular flexibility index (Phi) is 7.36. The van der Waals surface area contributed by atoms with Crippen LogP contribution < -0.4 is 15.8 Å². The van der Waals surface area contributed by atoms with Crippen molar-refractivity contribution in [3.05, 3.63) is 29.8 Å². The van der Waals surface area contributed by atoms with Crippen molar-refractivity contribution < 1.29 is 9.53 Å². The van der Waals surface area contributed by atoms with Gasteiger partial charge in [0.2, 0.25) is 5.91 Å². The fraction of sp³-hybridized carbons (Fsp3) is 0.611. The van der Waals surface area contributed by atoms with E-state index in [1.165, 1.54) is 18.4 Å². The lowest BCUT2D eigenvalue weighted by Gasteiger charge is -2.36. The highest BCUT2D eigenvalue weighted by Crippen LogP contribution is 2.21. The molecule has 0 aliphatic carbocycles. The predicted molar refractivity (Wildman–Crippen MR) is 92.3 cm³/mol. The zero-order valence-corrected chi connectivity index (χ0v) is 14.1. The van der Waals surface area contributed by atoms with Gasteiger partial charge >= 0.3 is 0 Å². The lowest BCUT2D eigenvalue weighted by atomic mass is 10.0. The van der Waals surface area contributed by atoms with E-state index < -0.39 is 0 Å². The zero-order valence-electron chi connectivity index (χ0n) is 14.1. The molecule has 0 radical (unpaired) electrons. The lowest BCUT2D eigenvalue weighted by Crippen LogP contribution is -2.46. The first-order valence-corrected chi connectivity index (χ1v) is 8.65. The first-order chi connectivity index (χ1) is 11.2. The maximum Gasteiger partial charge on any atom is 0.221 e. The number of hydrogen-bond donors (Lipinski definition) is 2. The molecule has 23 heavy (non-hydrogen) atoms. The van der Waals surface area contributed by atoms with E-state index in [0.717, 1.165) is 25.3 Å². The van der Waals surface area contributed by atoms with E-state index in [0.29, 0.717) is 32.2 Å². The second-order valence-corrected chi connectivity index (χ2v) is 6.04. The fourth-order valence-corrected chi connectivity index (χ4v) is 3.09. The van der Waals surface area contributed by atoms with E-state index in [1.807, 2.05) is 19.1 Å². The molecule has 1 aliphatic rings. The number of nitrogens with one attached hydrogen (secondary N) is 1. The van der Waals surface area contributed by atoms with E-state index in [4.69, 9.17) is 10.5 Å². The standard InChI is InChI=1S/C18H29N3O2/c1-2-23-17-8-5-6-15(12-17)14-21-11-4-3-7-16(21)13-20-18(22)9-10-19/h5-6,8,12,16H,2-4,7,9-11,13-14,19H2,1H3,(H,20,22). The topological polar surface area (TPSA) is 67.6 Å². The van der Waals surface area contributed by atoms with Crippen molar-refractivity contribution in [1.82, 2.24) is 10.2 Å². The highest BCUT2D eigenvalue weighted by molar-refractivity contribution is 5.76. The van der Waals surface area contributed by atoms with E-state index in [2.05, 4.69) is 22.3 Å². The number of nitrogens with zero attached hydrogens (tertiary/aromatic N) is 1. The van der Waals surface area contributed by atoms with Crippen LogP contribution in [0.1, 0.15) is 38.2 Å². The summed E-state index contributed by atoms with van der Waals surface area (Å²) < 4.78 is 5.58. The summed E-state index contributed by atoms with van der Waals surface area (Å²) in [7, 11) is 0. The molecule has 1 aromatic rings. The van der Waals surface area contributed by atoms with Gasteiger partial charge in [0.15, 0.2) is 0 Å². The van der Waals surface area contributed by atoms with Crippen LogP contribution >= 0.6 is 0 Å². The third kappa shape index (κ3) is 5.84. The quantitative estimate of drug-likeness (QED) is 0.768. The minimum absolute atomic E-state index is 0.0522. The van der Waals surface area contributed by atoms with Gasteiger partial charge in [-0.25, -0.2) is 0 Å². The number of benzene rings is 1. The second-order valence-electron chi connectivity index (χ2n) is 6.04. The van der Waals surface area contributed by atoms with Crippen molar-refractivity contribution in [2.24, 2.45) is 5.73 Å². The smallest absolute Gasteiger partial charge is 0.221 e. The molecule has 128 valence electrons. The third-order valence-corrected chi connectivity index (χ3v) is 4.25. The Morgan fingerprint density at radius 3 is 3.09 bits per heavy atom. The van der Waals surface area contributed by atoms with E-state index in [9.17, 15) is 4.79 Å². The number of carbonyl (C=O) groups excluding carboxylic acids is 1. The highest BCUT2D eigenvalue weighted by atomic mass is 16.5. The molecule has 1 atom stereocenters. The Morgan fingerprint density at radius 2 is 2.30 bits per heavy atom. The fourth-order valence-electron chi connectivity index (χ4n) is 3.09. The summed E-state index contributed by atoms with van der Waals surface area (Å²) in [5.41, 5.74) is 6.68. The molecule has 1 saturated heterocycles. The number of rotatable bonds is 8. The molecule has 1 fully saturated rings. The first kappa shape index (κ1) is 17.8. The van der Waals surface area contributed by atoms with E-state index in [1.54, 1.807) is 0 Å². The Morgan fingerprint density at radius 1 is 1.43 bits per heavy atom. The normalized spacial score (nSPS) is 18.6. The minimum Gasteiger partial charge on any atom is -0.494 e. The summed E-state index contributed by atoms with van der Waals surface area (Å²) in [5, 5.41) is 3.02. The molecule has 0 spiro atoms. The van der Waals surface area contributed by atoms with Crippen molar-refractivity contribution in [2.45, 2.75) is 45.2 Å². The molecule has 1 amide bonds. The molecule has 1 heterocycles. The van der Waals surface area contributed by atoms with Gasteiger partial charge in [-0.15, -0.1) is 0 Å². The van der Waals surface area contributed by atoms with Crippen molar-refractivity contribution in [1.29, 1.82) is 0 Å². The van der Waals surface area contributed by atoms with Crippen LogP contribution in [0.15, 0.2) is 24.3 Å². The van der Waals surface area contributed by atoms with Gasteiger partial charge in [0.05, 0.1) is 6.61 Å². The van der Waals surface area contributed by atoms with Gasteiger partial charge in [0.25, 0.3) is 0 Å². The lowest BCUT2D eigenvalue weighted by molar-refractivity contribution is -0.121. The van der Waals surface area contributed by atoms with Gasteiger partial charge < -0.3 is 15.8 Å². The van der Waals surface area contributed by atoms with Crippen molar-refractivity contribution in [3.63, 3.8) is 0 Å². The summed E-state index contributed by atoms with van der Waals surface area (Å²) in [6.07, 6.45) is 3.99. The molecule has 2 rings (SSSR count). The van der Waals surface area contributed by atoms with E-state index >= 15 is 0 Å². The Hall–Kier alpha value is -1.59. The number of ether oxygens (including phenoxy) is 1. The minimum atomic E-state index is 0.0522. The molecule has 1 aromatic carbocycles. The first-order valence-electron chi connectivity index (χ1n) is 8.65. The van der Waals surface area contributed by atoms with E-state index in [-0.39, 0.29) is 5.91 Å². The maximum atomic E-state index is 11.6. The summed E-state index contributed by atoms with van der Waals surface area (Å²) in [4.78, 5) is 14.1. The molecule has 0 bridgehead atoms. The molecule has 1 aliphatic heterocycles. The van der Waals surface area contributed by atoms with Gasteiger partial charge in [-0.3, -0.25) is 9.69 Å². The number of nitrogens with two attached hydrogens (primary N) is 1. The van der Waals surface area contributed by atoms with Crippen molar-refractivity contribution >= 4 is 5.91 Å². The molecular formula is C18H29N3O2. The largest absolute Gasteiger partial charge is 0.494 e. The van der Waals surface area contributed by atoms with Gasteiger partial charge in [0, 0.05) is 32.1 Å². The third-order valence-electron chi connectivity index (χ3n) is 4.25. The highest BCUT2D eigenvalue weighted by Gasteiger charge is 2.22. The summed E-state index contributed by atoms with van der Waals surface area (Å²) in [6.45, 7) is 5.78. The van der Waals surface area contributed by atoms with Crippen LogP contribution in [0.4, 0.5) is 0 Å².